The van der Waals surface area contributed by atoms with Gasteiger partial charge in [-0.25, -0.2) is 0 Å². The van der Waals surface area contributed by atoms with Crippen LogP contribution < -0.4 is 5.32 Å². The highest BCUT2D eigenvalue weighted by Crippen LogP contribution is 2.20. The molecule has 17 heavy (non-hydrogen) atoms. The predicted molar refractivity (Wildman–Crippen MR) is 72.0 cm³/mol. The number of terminal acetylenes is 1. The number of nitrogens with zero attached hydrogens (tertiary/aromatic N) is 2. The minimum Gasteiger partial charge on any atom is -0.298 e. The van der Waals surface area contributed by atoms with E-state index in [1.54, 1.807) is 0 Å². The van der Waals surface area contributed by atoms with Crippen LogP contribution in [-0.4, -0.2) is 15.8 Å². The molecule has 4 heteroatoms. The molecular weight excluding hydrogens is 234 g/mol. The molecule has 0 amide bonds. The van der Waals surface area contributed by atoms with Crippen molar-refractivity contribution >= 4 is 11.6 Å². The molecule has 1 N–H and O–H groups in total. The van der Waals surface area contributed by atoms with E-state index in [-0.39, 0.29) is 6.04 Å². The van der Waals surface area contributed by atoms with Crippen molar-refractivity contribution in [3.63, 3.8) is 0 Å². The first kappa shape index (κ1) is 14.1. The minimum absolute atomic E-state index is 0.107. The van der Waals surface area contributed by atoms with Crippen molar-refractivity contribution in [2.75, 3.05) is 0 Å². The van der Waals surface area contributed by atoms with Crippen LogP contribution in [0, 0.1) is 12.3 Å². The molecule has 0 saturated heterocycles. The van der Waals surface area contributed by atoms with E-state index in [0.717, 1.165) is 35.7 Å². The van der Waals surface area contributed by atoms with Crippen molar-refractivity contribution in [2.24, 2.45) is 7.05 Å². The van der Waals surface area contributed by atoms with Gasteiger partial charge in [-0.1, -0.05) is 37.8 Å². The van der Waals surface area contributed by atoms with Crippen LogP contribution in [0.15, 0.2) is 0 Å². The first-order valence-electron chi connectivity index (χ1n) is 6.03. The highest BCUT2D eigenvalue weighted by molar-refractivity contribution is 6.31. The topological polar surface area (TPSA) is 29.9 Å². The fourth-order valence-electron chi connectivity index (χ4n) is 1.76. The number of halogens is 1. The number of aryl methyl sites for hydroxylation is 2. The van der Waals surface area contributed by atoms with Crippen LogP contribution in [0.1, 0.15) is 38.1 Å². The molecule has 1 rings (SSSR count). The summed E-state index contributed by atoms with van der Waals surface area (Å²) in [7, 11) is 1.91. The van der Waals surface area contributed by atoms with Crippen molar-refractivity contribution in [1.82, 2.24) is 15.1 Å². The van der Waals surface area contributed by atoms with Crippen molar-refractivity contribution in [1.29, 1.82) is 0 Å². The molecule has 0 radical (unpaired) electrons. The maximum absolute atomic E-state index is 6.26. The summed E-state index contributed by atoms with van der Waals surface area (Å²) in [5.41, 5.74) is 1.94. The van der Waals surface area contributed by atoms with Gasteiger partial charge < -0.3 is 0 Å². The van der Waals surface area contributed by atoms with E-state index in [2.05, 4.69) is 23.3 Å². The van der Waals surface area contributed by atoms with Gasteiger partial charge in [0.2, 0.25) is 0 Å². The second kappa shape index (κ2) is 6.68. The van der Waals surface area contributed by atoms with Crippen molar-refractivity contribution in [3.8, 4) is 12.3 Å². The van der Waals surface area contributed by atoms with Gasteiger partial charge in [-0.05, 0) is 12.8 Å². The van der Waals surface area contributed by atoms with Gasteiger partial charge in [0.25, 0.3) is 0 Å². The summed E-state index contributed by atoms with van der Waals surface area (Å²) in [5, 5.41) is 8.45. The predicted octanol–water partition coefficient (Wildman–Crippen LogP) is 2.53. The maximum Gasteiger partial charge on any atom is 0.0863 e. The first-order chi connectivity index (χ1) is 8.13. The summed E-state index contributed by atoms with van der Waals surface area (Å²) in [6.45, 7) is 4.84. The molecule has 3 nitrogen and oxygen atoms in total. The van der Waals surface area contributed by atoms with E-state index in [1.807, 2.05) is 18.7 Å². The molecule has 0 spiro atoms. The molecule has 1 heterocycles. The molecule has 1 atom stereocenters. The SMILES string of the molecule is C#CC(CCC)NCc1c(Cl)c(CC)nn1C. The van der Waals surface area contributed by atoms with E-state index in [9.17, 15) is 0 Å². The third-order valence-electron chi connectivity index (χ3n) is 2.80. The number of rotatable bonds is 6. The molecule has 0 aromatic carbocycles. The number of hydrogen-bond donors (Lipinski definition) is 1. The highest BCUT2D eigenvalue weighted by Gasteiger charge is 2.13. The van der Waals surface area contributed by atoms with Gasteiger partial charge in [-0.3, -0.25) is 10.00 Å². The molecule has 1 aromatic heterocycles. The Morgan fingerprint density at radius 1 is 1.53 bits per heavy atom. The third kappa shape index (κ3) is 3.49. The molecule has 0 aliphatic heterocycles. The lowest BCUT2D eigenvalue weighted by Crippen LogP contribution is -2.27. The van der Waals surface area contributed by atoms with Gasteiger partial charge in [-0.2, -0.15) is 5.10 Å². The Balaban J connectivity index is 2.69. The summed E-state index contributed by atoms with van der Waals surface area (Å²) in [4.78, 5) is 0. The van der Waals surface area contributed by atoms with Crippen LogP contribution in [0.5, 0.6) is 0 Å². The second-order valence-electron chi connectivity index (χ2n) is 4.07. The highest BCUT2D eigenvalue weighted by atomic mass is 35.5. The lowest BCUT2D eigenvalue weighted by molar-refractivity contribution is 0.542. The zero-order valence-electron chi connectivity index (χ0n) is 10.8. The Labute approximate surface area is 109 Å². The normalized spacial score (nSPS) is 12.4. The van der Waals surface area contributed by atoms with E-state index >= 15 is 0 Å². The van der Waals surface area contributed by atoms with Crippen LogP contribution in [-0.2, 0) is 20.0 Å². The average molecular weight is 254 g/mol. The van der Waals surface area contributed by atoms with Gasteiger partial charge in [-0.15, -0.1) is 6.42 Å². The number of nitrogens with one attached hydrogen (secondary N) is 1. The van der Waals surface area contributed by atoms with Gasteiger partial charge in [0, 0.05) is 13.6 Å². The van der Waals surface area contributed by atoms with E-state index in [1.165, 1.54) is 0 Å². The zero-order valence-corrected chi connectivity index (χ0v) is 11.5. The summed E-state index contributed by atoms with van der Waals surface area (Å²) in [6.07, 6.45) is 8.36. The molecule has 0 saturated carbocycles. The van der Waals surface area contributed by atoms with Gasteiger partial charge >= 0.3 is 0 Å². The van der Waals surface area contributed by atoms with Crippen LogP contribution in [0.4, 0.5) is 0 Å². The van der Waals surface area contributed by atoms with Crippen molar-refractivity contribution in [3.05, 3.63) is 16.4 Å². The minimum atomic E-state index is 0.107. The molecule has 94 valence electrons. The summed E-state index contributed by atoms with van der Waals surface area (Å²) in [5.74, 6) is 2.75. The molecule has 0 aliphatic carbocycles. The Morgan fingerprint density at radius 2 is 2.24 bits per heavy atom. The second-order valence-corrected chi connectivity index (χ2v) is 4.45. The van der Waals surface area contributed by atoms with Gasteiger partial charge in [0.05, 0.1) is 22.5 Å². The van der Waals surface area contributed by atoms with Crippen LogP contribution in [0.2, 0.25) is 5.02 Å². The summed E-state index contributed by atoms with van der Waals surface area (Å²) in [6, 6.07) is 0.107. The molecule has 1 aromatic rings. The Bertz CT molecular complexity index is 404. The molecule has 0 bridgehead atoms. The van der Waals surface area contributed by atoms with E-state index < -0.39 is 0 Å². The van der Waals surface area contributed by atoms with Gasteiger partial charge in [0.15, 0.2) is 0 Å². The molecule has 1 unspecified atom stereocenters. The van der Waals surface area contributed by atoms with Crippen LogP contribution >= 0.6 is 11.6 Å². The van der Waals surface area contributed by atoms with Crippen LogP contribution in [0.3, 0.4) is 0 Å². The Hall–Kier alpha value is -0.980. The molecule has 0 fully saturated rings. The van der Waals surface area contributed by atoms with Crippen LogP contribution in [0.25, 0.3) is 0 Å². The fraction of sp³-hybridized carbons (Fsp3) is 0.615. The molecule has 0 aliphatic rings. The quantitative estimate of drug-likeness (QED) is 0.790. The summed E-state index contributed by atoms with van der Waals surface area (Å²) < 4.78 is 1.83. The standard InChI is InChI=1S/C13H20ClN3/c1-5-8-10(6-2)15-9-12-13(14)11(7-3)16-17(12)4/h2,10,15H,5,7-9H2,1,3-4H3. The van der Waals surface area contributed by atoms with Crippen molar-refractivity contribution in [2.45, 2.75) is 45.7 Å². The summed E-state index contributed by atoms with van der Waals surface area (Å²) >= 11 is 6.26. The Kier molecular flexibility index (Phi) is 5.54. The third-order valence-corrected chi connectivity index (χ3v) is 3.23. The maximum atomic E-state index is 6.26. The lowest BCUT2D eigenvalue weighted by Gasteiger charge is -2.12. The Morgan fingerprint density at radius 3 is 2.71 bits per heavy atom. The number of aromatic nitrogens is 2. The van der Waals surface area contributed by atoms with E-state index in [4.69, 9.17) is 18.0 Å². The van der Waals surface area contributed by atoms with E-state index in [0.29, 0.717) is 6.54 Å². The monoisotopic (exact) mass is 253 g/mol. The largest absolute Gasteiger partial charge is 0.298 e. The smallest absolute Gasteiger partial charge is 0.0863 e. The fourth-order valence-corrected chi connectivity index (χ4v) is 2.13. The van der Waals surface area contributed by atoms with Gasteiger partial charge in [0.1, 0.15) is 0 Å². The lowest BCUT2D eigenvalue weighted by atomic mass is 10.2. The first-order valence-corrected chi connectivity index (χ1v) is 6.41. The zero-order chi connectivity index (χ0) is 12.8. The average Bonchev–Trinajstić information content (AvgIpc) is 2.60. The molecular formula is C13H20ClN3. The number of hydrogen-bond acceptors (Lipinski definition) is 2. The van der Waals surface area contributed by atoms with Crippen molar-refractivity contribution < 1.29 is 0 Å².